The highest BCUT2D eigenvalue weighted by atomic mass is 79.9. The minimum absolute atomic E-state index is 0.414. The van der Waals surface area contributed by atoms with Crippen LogP contribution in [-0.2, 0) is 23.1 Å². The molecule has 6 heteroatoms. The normalized spacial score (nSPS) is 15.7. The molecule has 1 aliphatic heterocycles. The topological polar surface area (TPSA) is 37.4 Å². The van der Waals surface area contributed by atoms with E-state index in [9.17, 15) is 8.42 Å². The first-order valence-corrected chi connectivity index (χ1v) is 8.86. The number of nitrogens with zero attached hydrogens (tertiary/aromatic N) is 1. The average Bonchev–Trinajstić information content (AvgIpc) is 2.92. The summed E-state index contributed by atoms with van der Waals surface area (Å²) in [5.74, 6) is 0. The van der Waals surface area contributed by atoms with Crippen LogP contribution in [-0.4, -0.2) is 12.7 Å². The van der Waals surface area contributed by atoms with Gasteiger partial charge in [0, 0.05) is 18.0 Å². The van der Waals surface area contributed by atoms with E-state index in [1.54, 1.807) is 10.4 Å². The van der Waals surface area contributed by atoms with Crippen LogP contribution in [0.25, 0.3) is 0 Å². The molecule has 3 nitrogen and oxygen atoms in total. The first kappa shape index (κ1) is 13.3. The molecule has 19 heavy (non-hydrogen) atoms. The third-order valence-corrected chi connectivity index (χ3v) is 6.87. The summed E-state index contributed by atoms with van der Waals surface area (Å²) >= 11 is 4.80. The predicted molar refractivity (Wildman–Crippen MR) is 79.6 cm³/mol. The lowest BCUT2D eigenvalue weighted by molar-refractivity contribution is 0.431. The molecular formula is C13H12BrNO2S2. The number of sulfonamides is 1. The number of hydrogen-bond acceptors (Lipinski definition) is 3. The van der Waals surface area contributed by atoms with Gasteiger partial charge in [-0.1, -0.05) is 24.3 Å². The maximum Gasteiger partial charge on any atom is 0.244 e. The van der Waals surface area contributed by atoms with E-state index in [1.807, 2.05) is 31.2 Å². The first-order chi connectivity index (χ1) is 8.98. The van der Waals surface area contributed by atoms with E-state index < -0.39 is 10.0 Å². The quantitative estimate of drug-likeness (QED) is 0.824. The molecule has 0 spiro atoms. The Morgan fingerprint density at radius 1 is 1.21 bits per heavy atom. The maximum absolute atomic E-state index is 12.6. The lowest BCUT2D eigenvalue weighted by atomic mass is 10.1. The number of halogens is 1. The minimum Gasteiger partial charge on any atom is -0.207 e. The minimum atomic E-state index is -3.40. The van der Waals surface area contributed by atoms with Crippen LogP contribution in [0.5, 0.6) is 0 Å². The monoisotopic (exact) mass is 357 g/mol. The van der Waals surface area contributed by atoms with Gasteiger partial charge in [-0.2, -0.15) is 4.31 Å². The van der Waals surface area contributed by atoms with Crippen molar-refractivity contribution in [3.05, 3.63) is 50.1 Å². The van der Waals surface area contributed by atoms with Gasteiger partial charge in [0.15, 0.2) is 0 Å². The molecule has 0 bridgehead atoms. The van der Waals surface area contributed by atoms with Crippen LogP contribution < -0.4 is 0 Å². The second-order valence-electron chi connectivity index (χ2n) is 4.51. The van der Waals surface area contributed by atoms with E-state index in [1.165, 1.54) is 11.3 Å². The van der Waals surface area contributed by atoms with Crippen molar-refractivity contribution in [2.24, 2.45) is 0 Å². The van der Waals surface area contributed by atoms with E-state index in [4.69, 9.17) is 0 Å². The highest BCUT2D eigenvalue weighted by Crippen LogP contribution is 2.34. The number of fused-ring (bicyclic) bond motifs is 1. The summed E-state index contributed by atoms with van der Waals surface area (Å²) in [7, 11) is -3.40. The van der Waals surface area contributed by atoms with Gasteiger partial charge in [0.05, 0.1) is 8.68 Å². The number of benzene rings is 1. The van der Waals surface area contributed by atoms with Crippen LogP contribution in [0.15, 0.2) is 39.0 Å². The second-order valence-corrected chi connectivity index (χ2v) is 9.05. The Balaban J connectivity index is 1.98. The third-order valence-electron chi connectivity index (χ3n) is 3.27. The Kier molecular flexibility index (Phi) is 3.29. The van der Waals surface area contributed by atoms with Crippen LogP contribution in [0.3, 0.4) is 0 Å². The van der Waals surface area contributed by atoms with Crippen molar-refractivity contribution in [1.29, 1.82) is 0 Å². The summed E-state index contributed by atoms with van der Waals surface area (Å²) in [4.78, 5) is 1.24. The Bertz CT molecular complexity index is 712. The second kappa shape index (κ2) is 4.70. The van der Waals surface area contributed by atoms with Crippen molar-refractivity contribution in [2.75, 3.05) is 0 Å². The van der Waals surface area contributed by atoms with Crippen molar-refractivity contribution >= 4 is 37.3 Å². The molecule has 1 aliphatic rings. The summed E-state index contributed by atoms with van der Waals surface area (Å²) < 4.78 is 27.7. The van der Waals surface area contributed by atoms with E-state index >= 15 is 0 Å². The predicted octanol–water partition coefficient (Wildman–Crippen LogP) is 3.52. The summed E-state index contributed by atoms with van der Waals surface area (Å²) in [5, 5.41) is 0. The molecule has 1 aromatic heterocycles. The van der Waals surface area contributed by atoms with Crippen LogP contribution in [0.2, 0.25) is 0 Å². The molecule has 0 unspecified atom stereocenters. The van der Waals surface area contributed by atoms with Gasteiger partial charge in [0.25, 0.3) is 0 Å². The SMILES string of the molecule is Cc1sc(Br)cc1S(=O)(=O)N1Cc2ccccc2C1. The highest BCUT2D eigenvalue weighted by Gasteiger charge is 2.32. The molecule has 0 saturated carbocycles. The van der Waals surface area contributed by atoms with Crippen molar-refractivity contribution in [2.45, 2.75) is 24.9 Å². The van der Waals surface area contributed by atoms with Crippen molar-refractivity contribution in [3.63, 3.8) is 0 Å². The van der Waals surface area contributed by atoms with E-state index in [2.05, 4.69) is 15.9 Å². The Morgan fingerprint density at radius 2 is 1.79 bits per heavy atom. The van der Waals surface area contributed by atoms with Gasteiger partial charge in [-0.15, -0.1) is 11.3 Å². The number of aryl methyl sites for hydroxylation is 1. The average molecular weight is 358 g/mol. The van der Waals surface area contributed by atoms with Gasteiger partial charge in [-0.05, 0) is 40.0 Å². The largest absolute Gasteiger partial charge is 0.244 e. The third kappa shape index (κ3) is 2.27. The number of rotatable bonds is 2. The number of hydrogen-bond donors (Lipinski definition) is 0. The molecule has 0 radical (unpaired) electrons. The van der Waals surface area contributed by atoms with Crippen molar-refractivity contribution in [3.8, 4) is 0 Å². The maximum atomic E-state index is 12.6. The number of thiophene rings is 1. The van der Waals surface area contributed by atoms with Gasteiger partial charge in [-0.3, -0.25) is 0 Å². The molecule has 0 atom stereocenters. The zero-order chi connectivity index (χ0) is 13.6. The zero-order valence-electron chi connectivity index (χ0n) is 10.3. The van der Waals surface area contributed by atoms with E-state index in [-0.39, 0.29) is 0 Å². The molecule has 0 amide bonds. The molecule has 0 N–H and O–H groups in total. The van der Waals surface area contributed by atoms with Crippen molar-refractivity contribution < 1.29 is 8.42 Å². The van der Waals surface area contributed by atoms with Gasteiger partial charge in [0.1, 0.15) is 0 Å². The molecule has 0 saturated heterocycles. The Labute approximate surface area is 125 Å². The fourth-order valence-corrected chi connectivity index (χ4v) is 6.08. The molecule has 100 valence electrons. The molecule has 2 aromatic rings. The molecular weight excluding hydrogens is 346 g/mol. The van der Waals surface area contributed by atoms with Gasteiger partial charge in [-0.25, -0.2) is 8.42 Å². The fourth-order valence-electron chi connectivity index (χ4n) is 2.30. The summed E-state index contributed by atoms with van der Waals surface area (Å²) in [6.45, 7) is 2.77. The molecule has 1 aromatic carbocycles. The fraction of sp³-hybridized carbons (Fsp3) is 0.231. The van der Waals surface area contributed by atoms with Gasteiger partial charge >= 0.3 is 0 Å². The van der Waals surface area contributed by atoms with E-state index in [0.717, 1.165) is 19.8 Å². The smallest absolute Gasteiger partial charge is 0.207 e. The molecule has 3 rings (SSSR count). The Morgan fingerprint density at radius 3 is 2.26 bits per heavy atom. The van der Waals surface area contributed by atoms with E-state index in [0.29, 0.717) is 18.0 Å². The summed E-state index contributed by atoms with van der Waals surface area (Å²) in [5.41, 5.74) is 2.19. The zero-order valence-corrected chi connectivity index (χ0v) is 13.5. The van der Waals surface area contributed by atoms with Crippen LogP contribution in [0, 0.1) is 6.92 Å². The lowest BCUT2D eigenvalue weighted by Crippen LogP contribution is -2.25. The first-order valence-electron chi connectivity index (χ1n) is 5.81. The lowest BCUT2D eigenvalue weighted by Gasteiger charge is -2.15. The highest BCUT2D eigenvalue weighted by molar-refractivity contribution is 9.11. The standard InChI is InChI=1S/C13H12BrNO2S2/c1-9-12(6-13(14)18-9)19(16,17)15-7-10-4-2-3-5-11(10)8-15/h2-6H,7-8H2,1H3. The van der Waals surface area contributed by atoms with Crippen LogP contribution >= 0.6 is 27.3 Å². The van der Waals surface area contributed by atoms with Crippen molar-refractivity contribution in [1.82, 2.24) is 4.31 Å². The van der Waals surface area contributed by atoms with Gasteiger partial charge in [0.2, 0.25) is 10.0 Å². The van der Waals surface area contributed by atoms with Crippen LogP contribution in [0.1, 0.15) is 16.0 Å². The summed E-state index contributed by atoms with van der Waals surface area (Å²) in [6, 6.07) is 9.56. The van der Waals surface area contributed by atoms with Gasteiger partial charge < -0.3 is 0 Å². The van der Waals surface area contributed by atoms with Crippen LogP contribution in [0.4, 0.5) is 0 Å². The molecule has 2 heterocycles. The summed E-state index contributed by atoms with van der Waals surface area (Å²) in [6.07, 6.45) is 0. The molecule has 0 fully saturated rings. The molecule has 0 aliphatic carbocycles. The Hall–Kier alpha value is -0.690.